The minimum Gasteiger partial charge on any atom is -0.489 e. The van der Waals surface area contributed by atoms with Gasteiger partial charge < -0.3 is 14.8 Å². The van der Waals surface area contributed by atoms with Crippen LogP contribution < -0.4 is 25.6 Å². The fraction of sp³-hybridized carbons (Fsp3) is 0.250. The predicted octanol–water partition coefficient (Wildman–Crippen LogP) is 6.19. The first-order valence-corrected chi connectivity index (χ1v) is 11.8. The highest BCUT2D eigenvalue weighted by atomic mass is 32.1. The molecule has 0 unspecified atom stereocenters. The van der Waals surface area contributed by atoms with Gasteiger partial charge in [0.25, 0.3) is 0 Å². The lowest BCUT2D eigenvalue weighted by molar-refractivity contribution is 0.157. The van der Waals surface area contributed by atoms with E-state index in [0.717, 1.165) is 34.0 Å². The molecule has 1 aliphatic rings. The topological polar surface area (TPSA) is 54.5 Å². The molecule has 1 heterocycles. The number of anilines is 1. The minimum atomic E-state index is -0.470. The molecule has 0 amide bonds. The van der Waals surface area contributed by atoms with Crippen molar-refractivity contribution in [2.45, 2.75) is 46.8 Å². The number of aryl methyl sites for hydroxylation is 2. The minimum absolute atomic E-state index is 0.470. The number of ether oxygens (including phenoxy) is 2. The molecule has 1 aliphatic heterocycles. The molecule has 3 aromatic rings. The molecule has 5 nitrogen and oxygen atoms in total. The quantitative estimate of drug-likeness (QED) is 0.293. The molecule has 0 bridgehead atoms. The average molecular weight is 474 g/mol. The van der Waals surface area contributed by atoms with Gasteiger partial charge in [0.15, 0.2) is 5.11 Å². The van der Waals surface area contributed by atoms with Crippen molar-refractivity contribution < 1.29 is 9.47 Å². The van der Waals surface area contributed by atoms with Crippen LogP contribution in [-0.2, 0) is 6.61 Å². The van der Waals surface area contributed by atoms with Crippen molar-refractivity contribution in [1.29, 1.82) is 0 Å². The molecule has 0 aromatic heterocycles. The standard InChI is InChI=1S/C28H31N3O2S/c1-18-10-8-12-24(20(18)3)29-27(34)31-30-25-16-28(4,5)33-26-14-13-22(15-23(25)26)32-17-21-11-7-6-9-19(21)2/h6-16,30H,17H2,1-5H3,(H2,29,31,34). The van der Waals surface area contributed by atoms with Crippen LogP contribution in [-0.4, -0.2) is 10.7 Å². The summed E-state index contributed by atoms with van der Waals surface area (Å²) in [6, 6.07) is 20.2. The third-order valence-corrected chi connectivity index (χ3v) is 6.13. The fourth-order valence-electron chi connectivity index (χ4n) is 3.84. The summed E-state index contributed by atoms with van der Waals surface area (Å²) in [4.78, 5) is 0. The summed E-state index contributed by atoms with van der Waals surface area (Å²) in [5, 5.41) is 3.74. The van der Waals surface area contributed by atoms with Gasteiger partial charge in [-0.25, -0.2) is 0 Å². The molecule has 4 rings (SSSR count). The normalized spacial score (nSPS) is 13.7. The molecule has 0 fully saturated rings. The van der Waals surface area contributed by atoms with Crippen LogP contribution in [0.25, 0.3) is 5.70 Å². The molecular weight excluding hydrogens is 442 g/mol. The van der Waals surface area contributed by atoms with Gasteiger partial charge in [-0.1, -0.05) is 36.4 Å². The molecule has 0 saturated carbocycles. The van der Waals surface area contributed by atoms with E-state index in [4.69, 9.17) is 21.7 Å². The van der Waals surface area contributed by atoms with Crippen molar-refractivity contribution in [3.63, 3.8) is 0 Å². The van der Waals surface area contributed by atoms with E-state index >= 15 is 0 Å². The molecule has 176 valence electrons. The van der Waals surface area contributed by atoms with E-state index in [-0.39, 0.29) is 0 Å². The third-order valence-electron chi connectivity index (χ3n) is 5.93. The lowest BCUT2D eigenvalue weighted by Gasteiger charge is -2.32. The average Bonchev–Trinajstić information content (AvgIpc) is 2.79. The van der Waals surface area contributed by atoms with E-state index < -0.39 is 5.60 Å². The summed E-state index contributed by atoms with van der Waals surface area (Å²) in [5.41, 5.74) is 13.4. The summed E-state index contributed by atoms with van der Waals surface area (Å²) in [7, 11) is 0. The lowest BCUT2D eigenvalue weighted by Crippen LogP contribution is -2.41. The van der Waals surface area contributed by atoms with Crippen molar-refractivity contribution in [3.8, 4) is 11.5 Å². The zero-order valence-electron chi connectivity index (χ0n) is 20.3. The molecule has 3 N–H and O–H groups in total. The first-order chi connectivity index (χ1) is 16.2. The molecule has 0 aliphatic carbocycles. The van der Waals surface area contributed by atoms with Crippen molar-refractivity contribution in [3.05, 3.63) is 94.6 Å². The largest absolute Gasteiger partial charge is 0.489 e. The monoisotopic (exact) mass is 473 g/mol. The first-order valence-electron chi connectivity index (χ1n) is 11.3. The molecule has 34 heavy (non-hydrogen) atoms. The number of nitrogens with one attached hydrogen (secondary N) is 3. The molecule has 3 aromatic carbocycles. The Morgan fingerprint density at radius 2 is 1.74 bits per heavy atom. The van der Waals surface area contributed by atoms with Crippen molar-refractivity contribution in [1.82, 2.24) is 10.9 Å². The summed E-state index contributed by atoms with van der Waals surface area (Å²) < 4.78 is 12.3. The fourth-order valence-corrected chi connectivity index (χ4v) is 4.00. The molecule has 0 radical (unpaired) electrons. The second-order valence-electron chi connectivity index (χ2n) is 9.09. The Hall–Kier alpha value is -3.51. The van der Waals surface area contributed by atoms with E-state index in [2.05, 4.69) is 55.1 Å². The van der Waals surface area contributed by atoms with Crippen LogP contribution in [0, 0.1) is 20.8 Å². The Labute approximate surface area is 207 Å². The highest BCUT2D eigenvalue weighted by Gasteiger charge is 2.27. The van der Waals surface area contributed by atoms with Gasteiger partial charge in [0.2, 0.25) is 0 Å². The van der Waals surface area contributed by atoms with Gasteiger partial charge >= 0.3 is 0 Å². The Bertz CT molecular complexity index is 1250. The van der Waals surface area contributed by atoms with E-state index in [1.54, 1.807) is 0 Å². The van der Waals surface area contributed by atoms with Gasteiger partial charge in [-0.3, -0.25) is 10.9 Å². The van der Waals surface area contributed by atoms with Crippen molar-refractivity contribution in [2.75, 3.05) is 5.32 Å². The number of thiocarbonyl (C=S) groups is 1. The summed E-state index contributed by atoms with van der Waals surface area (Å²) in [6.07, 6.45) is 2.04. The summed E-state index contributed by atoms with van der Waals surface area (Å²) in [5.74, 6) is 1.56. The van der Waals surface area contributed by atoms with E-state index in [1.165, 1.54) is 16.7 Å². The van der Waals surface area contributed by atoms with Crippen LogP contribution in [0.3, 0.4) is 0 Å². The van der Waals surface area contributed by atoms with Crippen molar-refractivity contribution >= 4 is 28.7 Å². The van der Waals surface area contributed by atoms with Crippen LogP contribution in [0.5, 0.6) is 11.5 Å². The van der Waals surface area contributed by atoms with E-state index in [0.29, 0.717) is 11.7 Å². The van der Waals surface area contributed by atoms with Gasteiger partial charge in [0.05, 0.1) is 5.70 Å². The van der Waals surface area contributed by atoms with Crippen LogP contribution in [0.2, 0.25) is 0 Å². The van der Waals surface area contributed by atoms with E-state index in [9.17, 15) is 0 Å². The highest BCUT2D eigenvalue weighted by Crippen LogP contribution is 2.37. The predicted molar refractivity (Wildman–Crippen MR) is 143 cm³/mol. The summed E-state index contributed by atoms with van der Waals surface area (Å²) >= 11 is 5.53. The number of fused-ring (bicyclic) bond motifs is 1. The number of benzene rings is 3. The number of rotatable bonds is 6. The SMILES string of the molecule is Cc1ccccc1COc1ccc2c(c1)C(NNC(=S)Nc1cccc(C)c1C)=CC(C)(C)O2. The van der Waals surface area contributed by atoms with Crippen molar-refractivity contribution in [2.24, 2.45) is 0 Å². The van der Waals surface area contributed by atoms with Gasteiger partial charge in [-0.05, 0) is 99.4 Å². The second kappa shape index (κ2) is 9.77. The highest BCUT2D eigenvalue weighted by molar-refractivity contribution is 7.80. The number of hydrogen-bond donors (Lipinski definition) is 3. The van der Waals surface area contributed by atoms with Crippen LogP contribution in [0.4, 0.5) is 5.69 Å². The first kappa shape index (κ1) is 23.6. The Balaban J connectivity index is 1.48. The Morgan fingerprint density at radius 1 is 0.971 bits per heavy atom. The van der Waals surface area contributed by atoms with E-state index in [1.807, 2.05) is 62.4 Å². The zero-order valence-corrected chi connectivity index (χ0v) is 21.1. The molecule has 0 atom stereocenters. The third kappa shape index (κ3) is 5.51. The Kier molecular flexibility index (Phi) is 6.80. The molecule has 0 spiro atoms. The maximum atomic E-state index is 6.17. The molecular formula is C28H31N3O2S. The maximum absolute atomic E-state index is 6.17. The number of hydrazine groups is 1. The van der Waals surface area contributed by atoms with Crippen LogP contribution in [0.15, 0.2) is 66.7 Å². The maximum Gasteiger partial charge on any atom is 0.189 e. The van der Waals surface area contributed by atoms with Crippen LogP contribution in [0.1, 0.15) is 41.7 Å². The van der Waals surface area contributed by atoms with Gasteiger partial charge in [0.1, 0.15) is 23.7 Å². The smallest absolute Gasteiger partial charge is 0.189 e. The van der Waals surface area contributed by atoms with Gasteiger partial charge in [-0.2, -0.15) is 0 Å². The Morgan fingerprint density at radius 3 is 2.53 bits per heavy atom. The van der Waals surface area contributed by atoms with Gasteiger partial charge in [0, 0.05) is 11.3 Å². The summed E-state index contributed by atoms with van der Waals surface area (Å²) in [6.45, 7) is 10.8. The molecule has 0 saturated heterocycles. The lowest BCUT2D eigenvalue weighted by atomic mass is 9.99. The van der Waals surface area contributed by atoms with Crippen LogP contribution >= 0.6 is 12.2 Å². The molecule has 6 heteroatoms. The second-order valence-corrected chi connectivity index (χ2v) is 9.50. The number of hydrogen-bond acceptors (Lipinski definition) is 4. The van der Waals surface area contributed by atoms with Gasteiger partial charge in [-0.15, -0.1) is 0 Å². The zero-order chi connectivity index (χ0) is 24.3.